The number of ketones is 1. The van der Waals surface area contributed by atoms with E-state index in [4.69, 9.17) is 0 Å². The lowest BCUT2D eigenvalue weighted by Crippen LogP contribution is -2.12. The van der Waals surface area contributed by atoms with Gasteiger partial charge in [0.05, 0.1) is 0 Å². The first-order valence-corrected chi connectivity index (χ1v) is 6.07. The largest absolute Gasteiger partial charge is 0.295 e. The van der Waals surface area contributed by atoms with Crippen molar-refractivity contribution in [3.05, 3.63) is 23.3 Å². The predicted molar refractivity (Wildman–Crippen MR) is 69.3 cm³/mol. The summed E-state index contributed by atoms with van der Waals surface area (Å²) in [7, 11) is 0. The van der Waals surface area contributed by atoms with Gasteiger partial charge in [0.25, 0.3) is 0 Å². The van der Waals surface area contributed by atoms with Gasteiger partial charge in [-0.15, -0.1) is 0 Å². The summed E-state index contributed by atoms with van der Waals surface area (Å²) in [5, 5.41) is 0. The predicted octanol–water partition coefficient (Wildman–Crippen LogP) is 4.29. The molecule has 0 amide bonds. The molecule has 1 nitrogen and oxygen atoms in total. The summed E-state index contributed by atoms with van der Waals surface area (Å²) in [6.07, 6.45) is 6.09. The Bertz CT molecular complexity index is 348. The zero-order valence-electron chi connectivity index (χ0n) is 11.5. The molecule has 0 aromatic carbocycles. The molecule has 1 heteroatoms. The maximum atomic E-state index is 11.1. The Morgan fingerprint density at radius 3 is 2.31 bits per heavy atom. The van der Waals surface area contributed by atoms with Crippen molar-refractivity contribution in [3.63, 3.8) is 0 Å². The smallest absolute Gasteiger partial charge is 0.152 e. The highest BCUT2D eigenvalue weighted by Crippen LogP contribution is 2.48. The second kappa shape index (κ2) is 4.20. The fourth-order valence-electron chi connectivity index (χ4n) is 2.42. The molecule has 0 heterocycles. The van der Waals surface area contributed by atoms with Crippen LogP contribution in [0.15, 0.2) is 23.3 Å². The lowest BCUT2D eigenvalue weighted by atomic mass is 9.80. The molecule has 1 rings (SSSR count). The van der Waals surface area contributed by atoms with Crippen molar-refractivity contribution in [1.29, 1.82) is 0 Å². The summed E-state index contributed by atoms with van der Waals surface area (Å²) in [5.74, 6) is 0.128. The third kappa shape index (κ3) is 2.84. The summed E-state index contributed by atoms with van der Waals surface area (Å²) in [6.45, 7) is 12.9. The van der Waals surface area contributed by atoms with Gasteiger partial charge in [-0.25, -0.2) is 0 Å². The van der Waals surface area contributed by atoms with Crippen LogP contribution < -0.4 is 0 Å². The maximum absolute atomic E-state index is 11.1. The molecule has 0 aromatic rings. The number of rotatable bonds is 2. The first-order chi connectivity index (χ1) is 7.14. The number of hydrogen-bond donors (Lipinski definition) is 0. The lowest BCUT2D eigenvalue weighted by Gasteiger charge is -2.25. The Kier molecular flexibility index (Phi) is 3.47. The van der Waals surface area contributed by atoms with Crippen molar-refractivity contribution in [2.24, 2.45) is 10.8 Å². The van der Waals surface area contributed by atoms with Crippen LogP contribution in [0.5, 0.6) is 0 Å². The number of carbonyl (C=O) groups excluding carboxylic acids is 1. The van der Waals surface area contributed by atoms with E-state index >= 15 is 0 Å². The van der Waals surface area contributed by atoms with Crippen molar-refractivity contribution in [2.45, 2.75) is 54.4 Å². The molecular formula is C15H24O. The van der Waals surface area contributed by atoms with E-state index in [0.29, 0.717) is 0 Å². The van der Waals surface area contributed by atoms with Crippen molar-refractivity contribution >= 4 is 5.78 Å². The molecule has 0 aliphatic heterocycles. The lowest BCUT2D eigenvalue weighted by molar-refractivity contribution is -0.112. The van der Waals surface area contributed by atoms with Crippen LogP contribution in [0.4, 0.5) is 0 Å². The number of hydrogen-bond acceptors (Lipinski definition) is 1. The van der Waals surface area contributed by atoms with Gasteiger partial charge in [0.15, 0.2) is 5.78 Å². The molecule has 0 atom stereocenters. The summed E-state index contributed by atoms with van der Waals surface area (Å²) in [5.41, 5.74) is 3.31. The standard InChI is InChI=1S/C15H24O/c1-11(16)7-8-13-12(14(2,3)4)9-10-15(13,5)6/h7-8H,9-10H2,1-6H3/b8-7+. The minimum Gasteiger partial charge on any atom is -0.295 e. The zero-order chi connectivity index (χ0) is 12.6. The monoisotopic (exact) mass is 220 g/mol. The number of carbonyl (C=O) groups is 1. The van der Waals surface area contributed by atoms with Gasteiger partial charge in [-0.3, -0.25) is 4.79 Å². The summed E-state index contributed by atoms with van der Waals surface area (Å²) < 4.78 is 0. The molecule has 0 aromatic heterocycles. The van der Waals surface area contributed by atoms with Crippen LogP contribution >= 0.6 is 0 Å². The Balaban J connectivity index is 3.17. The van der Waals surface area contributed by atoms with Crippen molar-refractivity contribution in [3.8, 4) is 0 Å². The molecule has 1 aliphatic rings. The first kappa shape index (κ1) is 13.2. The van der Waals surface area contributed by atoms with Gasteiger partial charge in [0, 0.05) is 0 Å². The van der Waals surface area contributed by atoms with Crippen molar-refractivity contribution in [2.75, 3.05) is 0 Å². The van der Waals surface area contributed by atoms with E-state index in [-0.39, 0.29) is 16.6 Å². The molecule has 90 valence electrons. The summed E-state index contributed by atoms with van der Waals surface area (Å²) >= 11 is 0. The van der Waals surface area contributed by atoms with E-state index in [2.05, 4.69) is 34.6 Å². The van der Waals surface area contributed by atoms with Gasteiger partial charge in [0.2, 0.25) is 0 Å². The molecule has 0 saturated heterocycles. The first-order valence-electron chi connectivity index (χ1n) is 6.07. The quantitative estimate of drug-likeness (QED) is 0.634. The van der Waals surface area contributed by atoms with Gasteiger partial charge in [0.1, 0.15) is 0 Å². The number of allylic oxidation sites excluding steroid dienone is 4. The third-order valence-corrected chi connectivity index (χ3v) is 3.44. The highest BCUT2D eigenvalue weighted by molar-refractivity contribution is 5.87. The Hall–Kier alpha value is -0.850. The summed E-state index contributed by atoms with van der Waals surface area (Å²) in [4.78, 5) is 11.1. The third-order valence-electron chi connectivity index (χ3n) is 3.44. The molecule has 0 unspecified atom stereocenters. The highest BCUT2D eigenvalue weighted by Gasteiger charge is 2.35. The van der Waals surface area contributed by atoms with Gasteiger partial charge >= 0.3 is 0 Å². The minimum atomic E-state index is 0.128. The summed E-state index contributed by atoms with van der Waals surface area (Å²) in [6, 6.07) is 0. The van der Waals surface area contributed by atoms with Crippen molar-refractivity contribution in [1.82, 2.24) is 0 Å². The van der Waals surface area contributed by atoms with Gasteiger partial charge in [-0.2, -0.15) is 0 Å². The van der Waals surface area contributed by atoms with E-state index in [0.717, 1.165) is 6.42 Å². The molecule has 0 fully saturated rings. The molecule has 1 aliphatic carbocycles. The maximum Gasteiger partial charge on any atom is 0.152 e. The van der Waals surface area contributed by atoms with E-state index in [9.17, 15) is 4.79 Å². The van der Waals surface area contributed by atoms with Crippen LogP contribution in [0.25, 0.3) is 0 Å². The fourth-order valence-corrected chi connectivity index (χ4v) is 2.42. The average Bonchev–Trinajstić information content (AvgIpc) is 2.36. The molecule has 0 radical (unpaired) electrons. The Labute approximate surface area is 99.6 Å². The average molecular weight is 220 g/mol. The van der Waals surface area contributed by atoms with E-state index < -0.39 is 0 Å². The van der Waals surface area contributed by atoms with Crippen LogP contribution in [-0.4, -0.2) is 5.78 Å². The van der Waals surface area contributed by atoms with Gasteiger partial charge < -0.3 is 0 Å². The Morgan fingerprint density at radius 1 is 1.31 bits per heavy atom. The fraction of sp³-hybridized carbons (Fsp3) is 0.667. The molecule has 0 spiro atoms. The van der Waals surface area contributed by atoms with Crippen LogP contribution in [0.3, 0.4) is 0 Å². The molecular weight excluding hydrogens is 196 g/mol. The van der Waals surface area contributed by atoms with E-state index in [1.165, 1.54) is 17.6 Å². The molecule has 0 N–H and O–H groups in total. The SMILES string of the molecule is CC(=O)/C=C/C1=C(C(C)(C)C)CCC1(C)C. The van der Waals surface area contributed by atoms with Gasteiger partial charge in [-0.1, -0.05) is 46.3 Å². The van der Waals surface area contributed by atoms with E-state index in [1.807, 2.05) is 6.08 Å². The topological polar surface area (TPSA) is 17.1 Å². The second-order valence-corrected chi connectivity index (χ2v) is 6.47. The highest BCUT2D eigenvalue weighted by atomic mass is 16.1. The minimum absolute atomic E-state index is 0.128. The van der Waals surface area contributed by atoms with Crippen LogP contribution in [-0.2, 0) is 4.79 Å². The molecule has 0 bridgehead atoms. The van der Waals surface area contributed by atoms with Crippen LogP contribution in [0, 0.1) is 10.8 Å². The molecule has 0 saturated carbocycles. The second-order valence-electron chi connectivity index (χ2n) is 6.47. The van der Waals surface area contributed by atoms with Crippen molar-refractivity contribution < 1.29 is 4.79 Å². The normalized spacial score (nSPS) is 20.9. The molecule has 16 heavy (non-hydrogen) atoms. The van der Waals surface area contributed by atoms with Gasteiger partial charge in [-0.05, 0) is 42.2 Å². The van der Waals surface area contributed by atoms with E-state index in [1.54, 1.807) is 13.0 Å². The Morgan fingerprint density at radius 2 is 1.88 bits per heavy atom. The van der Waals surface area contributed by atoms with Crippen LogP contribution in [0.2, 0.25) is 0 Å². The van der Waals surface area contributed by atoms with Crippen LogP contribution in [0.1, 0.15) is 54.4 Å². The zero-order valence-corrected chi connectivity index (χ0v) is 11.5.